The molecule has 4 aromatic carbocycles. The summed E-state index contributed by atoms with van der Waals surface area (Å²) in [7, 11) is 1.35. The highest BCUT2D eigenvalue weighted by atomic mass is 79.9. The van der Waals surface area contributed by atoms with Crippen molar-refractivity contribution < 1.29 is 19.1 Å². The number of hydrogen-bond acceptors (Lipinski definition) is 4. The van der Waals surface area contributed by atoms with Gasteiger partial charge in [-0.25, -0.2) is 0 Å². The average Bonchev–Trinajstić information content (AvgIpc) is 3.38. The molecular weight excluding hydrogens is 580 g/mol. The summed E-state index contributed by atoms with van der Waals surface area (Å²) in [4.78, 5) is 43.8. The topological polar surface area (TPSA) is 75.7 Å². The van der Waals surface area contributed by atoms with Crippen LogP contribution in [0, 0.1) is 5.92 Å². The summed E-state index contributed by atoms with van der Waals surface area (Å²) in [6.45, 7) is 0.388. The number of benzene rings is 4. The van der Waals surface area contributed by atoms with Gasteiger partial charge in [0.2, 0.25) is 5.91 Å². The number of nitrogens with one attached hydrogen (secondary N) is 1. The summed E-state index contributed by atoms with van der Waals surface area (Å²) in [5.74, 6) is -2.58. The van der Waals surface area contributed by atoms with Gasteiger partial charge in [-0.1, -0.05) is 113 Å². The largest absolute Gasteiger partial charge is 0.469 e. The maximum absolute atomic E-state index is 14.4. The summed E-state index contributed by atoms with van der Waals surface area (Å²) >= 11 is 3.47. The maximum atomic E-state index is 14.4. The molecule has 1 saturated heterocycles. The molecule has 1 aliphatic heterocycles. The van der Waals surface area contributed by atoms with E-state index in [4.69, 9.17) is 4.74 Å². The predicted octanol–water partition coefficient (Wildman–Crippen LogP) is 5.95. The molecule has 1 N–H and O–H groups in total. The minimum absolute atomic E-state index is 0.314. The van der Waals surface area contributed by atoms with E-state index in [2.05, 4.69) is 21.2 Å². The van der Waals surface area contributed by atoms with Crippen molar-refractivity contribution in [3.8, 4) is 0 Å². The molecule has 4 aromatic rings. The molecule has 41 heavy (non-hydrogen) atoms. The zero-order chi connectivity index (χ0) is 28.8. The van der Waals surface area contributed by atoms with Gasteiger partial charge in [-0.05, 0) is 41.3 Å². The Morgan fingerprint density at radius 3 is 2.02 bits per heavy atom. The van der Waals surface area contributed by atoms with E-state index in [9.17, 15) is 14.4 Å². The molecule has 6 nitrogen and oxygen atoms in total. The smallest absolute Gasteiger partial charge is 0.311 e. The summed E-state index contributed by atoms with van der Waals surface area (Å²) < 4.78 is 6.08. The summed E-state index contributed by atoms with van der Waals surface area (Å²) in [5, 5.41) is 3.08. The second kappa shape index (κ2) is 13.0. The molecule has 208 valence electrons. The molecule has 0 aromatic heterocycles. The minimum atomic E-state index is -0.964. The minimum Gasteiger partial charge on any atom is -0.469 e. The maximum Gasteiger partial charge on any atom is 0.311 e. The lowest BCUT2D eigenvalue weighted by molar-refractivity contribution is -0.146. The number of likely N-dealkylation sites (tertiary alicyclic amines) is 1. The predicted molar refractivity (Wildman–Crippen MR) is 161 cm³/mol. The van der Waals surface area contributed by atoms with Crippen molar-refractivity contribution in [1.82, 2.24) is 10.2 Å². The van der Waals surface area contributed by atoms with Gasteiger partial charge >= 0.3 is 5.97 Å². The molecule has 1 fully saturated rings. The second-order valence-electron chi connectivity index (χ2n) is 10.0. The van der Waals surface area contributed by atoms with E-state index in [0.29, 0.717) is 18.5 Å². The average molecular weight is 612 g/mol. The first-order valence-electron chi connectivity index (χ1n) is 13.6. The normalized spacial score (nSPS) is 19.9. The lowest BCUT2D eigenvalue weighted by Gasteiger charge is -2.31. The molecule has 4 unspecified atom stereocenters. The number of esters is 1. The number of amides is 2. The van der Waals surface area contributed by atoms with Crippen LogP contribution >= 0.6 is 15.9 Å². The van der Waals surface area contributed by atoms with Gasteiger partial charge < -0.3 is 15.0 Å². The summed E-state index contributed by atoms with van der Waals surface area (Å²) in [5.41, 5.74) is 3.05. The van der Waals surface area contributed by atoms with Crippen molar-refractivity contribution >= 4 is 33.7 Å². The molecule has 2 amide bonds. The Labute approximate surface area is 248 Å². The Balaban J connectivity index is 1.63. The monoisotopic (exact) mass is 610 g/mol. The van der Waals surface area contributed by atoms with Gasteiger partial charge in [-0.15, -0.1) is 0 Å². The number of ether oxygens (including phenoxy) is 1. The van der Waals surface area contributed by atoms with Gasteiger partial charge in [0.05, 0.1) is 19.1 Å². The van der Waals surface area contributed by atoms with Crippen LogP contribution < -0.4 is 5.32 Å². The Morgan fingerprint density at radius 2 is 1.41 bits per heavy atom. The molecule has 1 heterocycles. The van der Waals surface area contributed by atoms with Crippen LogP contribution in [0.2, 0.25) is 0 Å². The third-order valence-corrected chi connectivity index (χ3v) is 8.09. The van der Waals surface area contributed by atoms with E-state index < -0.39 is 29.9 Å². The van der Waals surface area contributed by atoms with Gasteiger partial charge in [0.15, 0.2) is 0 Å². The van der Waals surface area contributed by atoms with E-state index in [1.165, 1.54) is 7.11 Å². The first-order chi connectivity index (χ1) is 20.0. The third kappa shape index (κ3) is 6.10. The molecule has 7 heteroatoms. The molecule has 4 atom stereocenters. The van der Waals surface area contributed by atoms with Crippen LogP contribution in [0.5, 0.6) is 0 Å². The Kier molecular flexibility index (Phi) is 8.95. The quantitative estimate of drug-likeness (QED) is 0.250. The van der Waals surface area contributed by atoms with Crippen LogP contribution in [0.25, 0.3) is 0 Å². The zero-order valence-corrected chi connectivity index (χ0v) is 24.2. The fourth-order valence-electron chi connectivity index (χ4n) is 5.80. The van der Waals surface area contributed by atoms with Gasteiger partial charge in [0, 0.05) is 22.5 Å². The van der Waals surface area contributed by atoms with Crippen LogP contribution in [0.4, 0.5) is 0 Å². The fraction of sp³-hybridized carbons (Fsp3) is 0.206. The number of nitrogens with zero attached hydrogens (tertiary/aromatic N) is 1. The highest BCUT2D eigenvalue weighted by Gasteiger charge is 2.58. The van der Waals surface area contributed by atoms with Crippen molar-refractivity contribution in [2.45, 2.75) is 24.4 Å². The Bertz CT molecular complexity index is 1500. The summed E-state index contributed by atoms with van der Waals surface area (Å²) in [6.07, 6.45) is 0.636. The number of carbonyl (C=O) groups is 3. The lowest BCUT2D eigenvalue weighted by atomic mass is 9.80. The second-order valence-corrected chi connectivity index (χ2v) is 11.0. The molecule has 0 radical (unpaired) electrons. The molecule has 0 saturated carbocycles. The van der Waals surface area contributed by atoms with Crippen LogP contribution in [0.15, 0.2) is 120 Å². The number of methoxy groups -OCH3 is 1. The third-order valence-electron chi connectivity index (χ3n) is 7.60. The van der Waals surface area contributed by atoms with Gasteiger partial charge in [-0.2, -0.15) is 0 Å². The van der Waals surface area contributed by atoms with Crippen LogP contribution in [0.3, 0.4) is 0 Å². The summed E-state index contributed by atoms with van der Waals surface area (Å²) in [6, 6.07) is 34.1. The number of rotatable bonds is 8. The van der Waals surface area contributed by atoms with E-state index in [-0.39, 0.29) is 11.8 Å². The number of halogens is 1. The Hall–Kier alpha value is -4.23. The van der Waals surface area contributed by atoms with E-state index >= 15 is 0 Å². The highest BCUT2D eigenvalue weighted by molar-refractivity contribution is 9.10. The Morgan fingerprint density at radius 1 is 0.805 bits per heavy atom. The standard InChI is InChI=1S/C34H31BrN2O4/c1-41-34(40)29-28(24-14-7-3-8-15-24)31(32(38)36-21-20-23-12-5-2-6-13-23)37(30(29)25-16-9-4-10-17-25)33(39)26-18-11-19-27(35)22-26/h2-19,22,28-31H,20-21H2,1H3,(H,36,38). The molecule has 0 spiro atoms. The van der Waals surface area contributed by atoms with Crippen molar-refractivity contribution in [2.24, 2.45) is 5.92 Å². The SMILES string of the molecule is COC(=O)C1C(c2ccccc2)C(C(=O)NCCc2ccccc2)N(C(=O)c2cccc(Br)c2)C1c1ccccc1. The number of hydrogen-bond donors (Lipinski definition) is 1. The van der Waals surface area contributed by atoms with E-state index in [1.807, 2.05) is 97.1 Å². The molecule has 1 aliphatic rings. The fourth-order valence-corrected chi connectivity index (χ4v) is 6.20. The zero-order valence-electron chi connectivity index (χ0n) is 22.7. The van der Waals surface area contributed by atoms with Crippen molar-refractivity contribution in [3.63, 3.8) is 0 Å². The first-order valence-corrected chi connectivity index (χ1v) is 14.4. The van der Waals surface area contributed by atoms with Gasteiger partial charge in [0.25, 0.3) is 5.91 Å². The van der Waals surface area contributed by atoms with Crippen LogP contribution in [-0.2, 0) is 20.7 Å². The van der Waals surface area contributed by atoms with Gasteiger partial charge in [-0.3, -0.25) is 14.4 Å². The molecule has 0 aliphatic carbocycles. The highest BCUT2D eigenvalue weighted by Crippen LogP contribution is 2.51. The molecule has 0 bridgehead atoms. The first kappa shape index (κ1) is 28.3. The molecular formula is C34H31BrN2O4. The van der Waals surface area contributed by atoms with Crippen molar-refractivity contribution in [1.29, 1.82) is 0 Å². The van der Waals surface area contributed by atoms with Crippen LogP contribution in [-0.4, -0.2) is 42.4 Å². The molecule has 5 rings (SSSR count). The van der Waals surface area contributed by atoms with Crippen molar-refractivity contribution in [3.05, 3.63) is 142 Å². The van der Waals surface area contributed by atoms with Gasteiger partial charge in [0.1, 0.15) is 6.04 Å². The van der Waals surface area contributed by atoms with Crippen LogP contribution in [0.1, 0.15) is 39.0 Å². The number of carbonyl (C=O) groups excluding carboxylic acids is 3. The van der Waals surface area contributed by atoms with Crippen molar-refractivity contribution in [2.75, 3.05) is 13.7 Å². The lowest BCUT2D eigenvalue weighted by Crippen LogP contribution is -2.49. The van der Waals surface area contributed by atoms with E-state index in [1.54, 1.807) is 23.1 Å². The van der Waals surface area contributed by atoms with E-state index in [0.717, 1.165) is 21.2 Å².